The van der Waals surface area contributed by atoms with Gasteiger partial charge in [0.15, 0.2) is 11.3 Å². The minimum Gasteiger partial charge on any atom is -0.493 e. The lowest BCUT2D eigenvalue weighted by atomic mass is 10.0. The lowest BCUT2D eigenvalue weighted by Gasteiger charge is -2.09. The van der Waals surface area contributed by atoms with Gasteiger partial charge in [0.05, 0.1) is 11.8 Å². The van der Waals surface area contributed by atoms with E-state index in [-0.39, 0.29) is 29.2 Å². The monoisotopic (exact) mass is 287 g/mol. The van der Waals surface area contributed by atoms with Gasteiger partial charge in [0, 0.05) is 12.5 Å². The summed E-state index contributed by atoms with van der Waals surface area (Å²) in [6.45, 7) is 0. The Bertz CT molecular complexity index is 845. The van der Waals surface area contributed by atoms with E-state index in [4.69, 9.17) is 0 Å². The highest BCUT2D eigenvalue weighted by Crippen LogP contribution is 2.24. The van der Waals surface area contributed by atoms with Crippen LogP contribution in [0.1, 0.15) is 21.6 Å². The fraction of sp³-hybridized carbons (Fsp3) is 0.0714. The van der Waals surface area contributed by atoms with E-state index in [1.807, 2.05) is 0 Å². The highest BCUT2D eigenvalue weighted by atomic mass is 19.1. The van der Waals surface area contributed by atoms with Gasteiger partial charge in [-0.25, -0.2) is 14.2 Å². The summed E-state index contributed by atoms with van der Waals surface area (Å²) in [6, 6.07) is 7.20. The Labute approximate surface area is 118 Å². The lowest BCUT2D eigenvalue weighted by Crippen LogP contribution is -2.10. The van der Waals surface area contributed by atoms with Gasteiger partial charge in [-0.15, -0.1) is 0 Å². The molecule has 0 saturated carbocycles. The van der Waals surface area contributed by atoms with E-state index >= 15 is 0 Å². The van der Waals surface area contributed by atoms with Crippen LogP contribution >= 0.6 is 0 Å². The molecule has 0 fully saturated rings. The van der Waals surface area contributed by atoms with Gasteiger partial charge in [-0.05, 0) is 17.7 Å². The fourth-order valence-corrected chi connectivity index (χ4v) is 2.15. The van der Waals surface area contributed by atoms with Crippen molar-refractivity contribution < 1.29 is 19.4 Å². The summed E-state index contributed by atoms with van der Waals surface area (Å²) in [4.78, 5) is 15.3. The molecule has 0 spiro atoms. The number of hydrogen-bond acceptors (Lipinski definition) is 4. The van der Waals surface area contributed by atoms with E-state index in [9.17, 15) is 19.4 Å². The number of aromatic carboxylic acids is 1. The molecule has 0 aliphatic heterocycles. The zero-order valence-electron chi connectivity index (χ0n) is 10.7. The van der Waals surface area contributed by atoms with Crippen LogP contribution in [0, 0.1) is 5.82 Å². The van der Waals surface area contributed by atoms with Crippen molar-refractivity contribution in [2.24, 2.45) is 0 Å². The number of carboxylic acids is 1. The minimum absolute atomic E-state index is 0.0357. The first kappa shape index (κ1) is 13.0. The summed E-state index contributed by atoms with van der Waals surface area (Å²) in [7, 11) is 0. The van der Waals surface area contributed by atoms with Gasteiger partial charge in [0.25, 0.3) is 0 Å². The molecule has 0 saturated heterocycles. The van der Waals surface area contributed by atoms with Crippen molar-refractivity contribution in [1.82, 2.24) is 14.6 Å². The SMILES string of the molecule is O=C(O)c1nc2ccnn2c(O)c1Cc1cccc(F)c1. The number of carboxylic acid groups (broad SMARTS) is 1. The van der Waals surface area contributed by atoms with Crippen molar-refractivity contribution in [3.05, 3.63) is 59.2 Å². The Morgan fingerprint density at radius 2 is 2.14 bits per heavy atom. The summed E-state index contributed by atoms with van der Waals surface area (Å²) < 4.78 is 14.4. The number of fused-ring (bicyclic) bond motifs is 1. The zero-order valence-corrected chi connectivity index (χ0v) is 10.7. The number of aromatic hydroxyl groups is 1. The molecule has 3 aromatic rings. The van der Waals surface area contributed by atoms with Gasteiger partial charge < -0.3 is 10.2 Å². The van der Waals surface area contributed by atoms with Crippen molar-refractivity contribution in [3.8, 4) is 5.88 Å². The molecule has 6 nitrogen and oxygen atoms in total. The molecule has 2 aromatic heterocycles. The maximum atomic E-state index is 13.2. The highest BCUT2D eigenvalue weighted by Gasteiger charge is 2.20. The number of benzene rings is 1. The Kier molecular flexibility index (Phi) is 3.02. The first-order valence-electron chi connectivity index (χ1n) is 6.09. The predicted molar refractivity (Wildman–Crippen MR) is 70.8 cm³/mol. The van der Waals surface area contributed by atoms with Crippen LogP contribution < -0.4 is 0 Å². The maximum Gasteiger partial charge on any atom is 0.355 e. The van der Waals surface area contributed by atoms with E-state index in [1.165, 1.54) is 30.5 Å². The maximum absolute atomic E-state index is 13.2. The molecule has 106 valence electrons. The fourth-order valence-electron chi connectivity index (χ4n) is 2.15. The molecule has 0 amide bonds. The Morgan fingerprint density at radius 1 is 1.33 bits per heavy atom. The minimum atomic E-state index is -1.26. The van der Waals surface area contributed by atoms with Crippen LogP contribution in [-0.2, 0) is 6.42 Å². The van der Waals surface area contributed by atoms with Gasteiger partial charge in [0.2, 0.25) is 5.88 Å². The normalized spacial score (nSPS) is 10.9. The molecule has 0 aliphatic carbocycles. The summed E-state index contributed by atoms with van der Waals surface area (Å²) in [5, 5.41) is 23.3. The van der Waals surface area contributed by atoms with E-state index < -0.39 is 11.8 Å². The predicted octanol–water partition coefficient (Wildman–Crippen LogP) is 1.86. The second-order valence-corrected chi connectivity index (χ2v) is 4.48. The number of carbonyl (C=O) groups is 1. The van der Waals surface area contributed by atoms with Gasteiger partial charge in [0.1, 0.15) is 5.82 Å². The number of aromatic nitrogens is 3. The van der Waals surface area contributed by atoms with Crippen LogP contribution in [0.4, 0.5) is 4.39 Å². The van der Waals surface area contributed by atoms with Crippen molar-refractivity contribution in [2.75, 3.05) is 0 Å². The molecule has 0 radical (unpaired) electrons. The molecule has 7 heteroatoms. The summed E-state index contributed by atoms with van der Waals surface area (Å²) in [6.07, 6.45) is 1.44. The molecule has 21 heavy (non-hydrogen) atoms. The third-order valence-electron chi connectivity index (χ3n) is 3.08. The Balaban J connectivity index is 2.17. The smallest absolute Gasteiger partial charge is 0.355 e. The van der Waals surface area contributed by atoms with Crippen molar-refractivity contribution in [2.45, 2.75) is 6.42 Å². The van der Waals surface area contributed by atoms with Crippen LogP contribution in [0.2, 0.25) is 0 Å². The third-order valence-corrected chi connectivity index (χ3v) is 3.08. The van der Waals surface area contributed by atoms with Crippen molar-refractivity contribution >= 4 is 11.6 Å². The third kappa shape index (κ3) is 2.29. The molecule has 0 atom stereocenters. The number of nitrogens with zero attached hydrogens (tertiary/aromatic N) is 3. The first-order valence-corrected chi connectivity index (χ1v) is 6.09. The number of hydrogen-bond donors (Lipinski definition) is 2. The molecule has 2 N–H and O–H groups in total. The highest BCUT2D eigenvalue weighted by molar-refractivity contribution is 5.88. The van der Waals surface area contributed by atoms with Crippen LogP contribution in [0.25, 0.3) is 5.65 Å². The average Bonchev–Trinajstić information content (AvgIpc) is 2.90. The van der Waals surface area contributed by atoms with Gasteiger partial charge in [-0.1, -0.05) is 12.1 Å². The van der Waals surface area contributed by atoms with Crippen molar-refractivity contribution in [3.63, 3.8) is 0 Å². The average molecular weight is 287 g/mol. The van der Waals surface area contributed by atoms with Crippen LogP contribution in [0.15, 0.2) is 36.5 Å². The molecule has 2 heterocycles. The zero-order chi connectivity index (χ0) is 15.0. The van der Waals surface area contributed by atoms with Crippen molar-refractivity contribution in [1.29, 1.82) is 0 Å². The summed E-state index contributed by atoms with van der Waals surface area (Å²) in [5.41, 5.74) is 0.572. The second-order valence-electron chi connectivity index (χ2n) is 4.48. The number of rotatable bonds is 3. The molecule has 0 bridgehead atoms. The van der Waals surface area contributed by atoms with E-state index in [2.05, 4.69) is 10.1 Å². The molecule has 0 unspecified atom stereocenters. The molecule has 3 rings (SSSR count). The topological polar surface area (TPSA) is 87.7 Å². The molecule has 0 aliphatic rings. The van der Waals surface area contributed by atoms with E-state index in [1.54, 1.807) is 6.07 Å². The summed E-state index contributed by atoms with van der Waals surface area (Å²) >= 11 is 0. The van der Waals surface area contributed by atoms with E-state index in [0.29, 0.717) is 5.56 Å². The molecular formula is C14H10FN3O3. The first-order chi connectivity index (χ1) is 10.1. The summed E-state index contributed by atoms with van der Waals surface area (Å²) in [5.74, 6) is -2.01. The van der Waals surface area contributed by atoms with Gasteiger partial charge in [-0.2, -0.15) is 9.61 Å². The van der Waals surface area contributed by atoms with Crippen LogP contribution in [0.3, 0.4) is 0 Å². The Morgan fingerprint density at radius 3 is 2.86 bits per heavy atom. The lowest BCUT2D eigenvalue weighted by molar-refractivity contribution is 0.0688. The largest absolute Gasteiger partial charge is 0.493 e. The quantitative estimate of drug-likeness (QED) is 0.767. The molecular weight excluding hydrogens is 277 g/mol. The van der Waals surface area contributed by atoms with Crippen LogP contribution in [0.5, 0.6) is 5.88 Å². The van der Waals surface area contributed by atoms with Crippen LogP contribution in [-0.4, -0.2) is 30.8 Å². The molecule has 1 aromatic carbocycles. The van der Waals surface area contributed by atoms with Gasteiger partial charge in [-0.3, -0.25) is 0 Å². The Hall–Kier alpha value is -2.96. The second kappa shape index (κ2) is 4.86. The number of halogens is 1. The van der Waals surface area contributed by atoms with E-state index in [0.717, 1.165) is 4.52 Å². The standard InChI is InChI=1S/C14H10FN3O3/c15-9-3-1-2-8(6-9)7-10-12(14(20)21)17-11-4-5-16-18(11)13(10)19/h1-6,19H,7H2,(H,20,21). The van der Waals surface area contributed by atoms with Gasteiger partial charge >= 0.3 is 5.97 Å².